The van der Waals surface area contributed by atoms with Crippen LogP contribution in [-0.2, 0) is 16.0 Å². The topological polar surface area (TPSA) is 94.6 Å². The Morgan fingerprint density at radius 2 is 1.85 bits per heavy atom. The van der Waals surface area contributed by atoms with Crippen molar-refractivity contribution in [3.63, 3.8) is 0 Å². The van der Waals surface area contributed by atoms with E-state index in [4.69, 9.17) is 14.9 Å². The van der Waals surface area contributed by atoms with Gasteiger partial charge in [-0.2, -0.15) is 0 Å². The molecule has 1 aromatic heterocycles. The van der Waals surface area contributed by atoms with Crippen LogP contribution >= 0.6 is 0 Å². The molecule has 2 amide bonds. The largest absolute Gasteiger partial charge is 0.484 e. The molecule has 0 atom stereocenters. The Hall–Kier alpha value is -3.28. The normalized spacial score (nSPS) is 10.7. The molecule has 0 bridgehead atoms. The number of amides is 2. The van der Waals surface area contributed by atoms with Crippen molar-refractivity contribution in [2.24, 2.45) is 5.73 Å². The lowest BCUT2D eigenvalue weighted by molar-refractivity contribution is -0.120. The number of ether oxygens (including phenoxy) is 1. The van der Waals surface area contributed by atoms with E-state index in [1.165, 1.54) is 0 Å². The lowest BCUT2D eigenvalue weighted by Crippen LogP contribution is -2.20. The molecule has 6 nitrogen and oxygen atoms in total. The number of hydrogen-bond donors (Lipinski definition) is 2. The van der Waals surface area contributed by atoms with Crippen LogP contribution in [-0.4, -0.2) is 18.4 Å². The van der Waals surface area contributed by atoms with Crippen LogP contribution in [0.3, 0.4) is 0 Å². The fourth-order valence-corrected chi connectivity index (χ4v) is 2.69. The zero-order valence-corrected chi connectivity index (χ0v) is 14.7. The number of anilines is 1. The van der Waals surface area contributed by atoms with Gasteiger partial charge in [0.05, 0.1) is 12.7 Å². The van der Waals surface area contributed by atoms with Gasteiger partial charge in [0.1, 0.15) is 11.3 Å². The highest BCUT2D eigenvalue weighted by Crippen LogP contribution is 2.27. The predicted molar refractivity (Wildman–Crippen MR) is 99.2 cm³/mol. The van der Waals surface area contributed by atoms with E-state index in [-0.39, 0.29) is 18.9 Å². The third-order valence-corrected chi connectivity index (χ3v) is 4.21. The molecule has 0 radical (unpaired) electrons. The second-order valence-electron chi connectivity index (χ2n) is 6.15. The molecule has 2 aromatic carbocycles. The maximum Gasteiger partial charge on any atom is 0.255 e. The van der Waals surface area contributed by atoms with Gasteiger partial charge in [-0.3, -0.25) is 9.59 Å². The first-order valence-corrected chi connectivity index (χ1v) is 8.21. The molecule has 0 spiro atoms. The molecule has 134 valence electrons. The highest BCUT2D eigenvalue weighted by Gasteiger charge is 2.13. The summed E-state index contributed by atoms with van der Waals surface area (Å²) in [4.78, 5) is 23.0. The quantitative estimate of drug-likeness (QED) is 0.713. The molecule has 0 fully saturated rings. The third kappa shape index (κ3) is 3.85. The minimum Gasteiger partial charge on any atom is -0.484 e. The zero-order chi connectivity index (χ0) is 18.7. The number of aryl methyl sites for hydroxylation is 2. The minimum atomic E-state index is -0.542. The number of fused-ring (bicyclic) bond motifs is 1. The van der Waals surface area contributed by atoms with Gasteiger partial charge in [-0.05, 0) is 49.2 Å². The van der Waals surface area contributed by atoms with E-state index >= 15 is 0 Å². The molecule has 26 heavy (non-hydrogen) atoms. The summed E-state index contributed by atoms with van der Waals surface area (Å²) in [6.45, 7) is 3.85. The van der Waals surface area contributed by atoms with Crippen LogP contribution in [0.2, 0.25) is 0 Å². The van der Waals surface area contributed by atoms with E-state index < -0.39 is 5.91 Å². The monoisotopic (exact) mass is 352 g/mol. The first kappa shape index (κ1) is 17.5. The predicted octanol–water partition coefficient (Wildman–Crippen LogP) is 3.09. The molecular weight excluding hydrogens is 332 g/mol. The molecule has 0 aliphatic rings. The molecule has 0 saturated carbocycles. The van der Waals surface area contributed by atoms with Crippen LogP contribution in [0.15, 0.2) is 47.1 Å². The van der Waals surface area contributed by atoms with Crippen molar-refractivity contribution in [1.29, 1.82) is 0 Å². The van der Waals surface area contributed by atoms with Crippen molar-refractivity contribution < 1.29 is 18.7 Å². The van der Waals surface area contributed by atoms with E-state index in [0.717, 1.165) is 27.7 Å². The van der Waals surface area contributed by atoms with Crippen LogP contribution in [0.1, 0.15) is 16.7 Å². The zero-order valence-electron chi connectivity index (χ0n) is 14.7. The van der Waals surface area contributed by atoms with Crippen LogP contribution < -0.4 is 15.8 Å². The van der Waals surface area contributed by atoms with Gasteiger partial charge in [-0.15, -0.1) is 0 Å². The first-order valence-electron chi connectivity index (χ1n) is 8.21. The van der Waals surface area contributed by atoms with E-state index in [9.17, 15) is 9.59 Å². The highest BCUT2D eigenvalue weighted by molar-refractivity contribution is 5.96. The van der Waals surface area contributed by atoms with Crippen molar-refractivity contribution in [2.75, 3.05) is 11.9 Å². The number of nitrogens with one attached hydrogen (secondary N) is 1. The van der Waals surface area contributed by atoms with Gasteiger partial charge in [0.25, 0.3) is 5.91 Å². The summed E-state index contributed by atoms with van der Waals surface area (Å²) in [5.74, 6) is -0.176. The van der Waals surface area contributed by atoms with Gasteiger partial charge in [0.15, 0.2) is 6.61 Å². The second-order valence-corrected chi connectivity index (χ2v) is 6.15. The standard InChI is InChI=1S/C20H20N2O4/c1-12-3-8-17-14(10-26-20(17)13(12)2)9-19(24)22-15-4-6-16(7-5-15)25-11-18(21)23/h3-8,10H,9,11H2,1-2H3,(H2,21,23)(H,22,24). The summed E-state index contributed by atoms with van der Waals surface area (Å²) >= 11 is 0. The Bertz CT molecular complexity index is 958. The molecule has 3 N–H and O–H groups in total. The smallest absolute Gasteiger partial charge is 0.255 e. The first-order chi connectivity index (χ1) is 12.4. The number of hydrogen-bond acceptors (Lipinski definition) is 4. The van der Waals surface area contributed by atoms with Crippen LogP contribution in [0.25, 0.3) is 11.0 Å². The summed E-state index contributed by atoms with van der Waals surface area (Å²) in [6.07, 6.45) is 1.85. The van der Waals surface area contributed by atoms with Crippen molar-refractivity contribution in [1.82, 2.24) is 0 Å². The van der Waals surface area contributed by atoms with Crippen molar-refractivity contribution >= 4 is 28.5 Å². The summed E-state index contributed by atoms with van der Waals surface area (Å²) in [5, 5.41) is 3.79. The lowest BCUT2D eigenvalue weighted by atomic mass is 10.0. The molecule has 3 rings (SSSR count). The molecule has 0 aliphatic heterocycles. The number of primary amides is 1. The number of benzene rings is 2. The average Bonchev–Trinajstić information content (AvgIpc) is 3.01. The maximum absolute atomic E-state index is 12.3. The van der Waals surface area contributed by atoms with Gasteiger partial charge < -0.3 is 20.2 Å². The molecular formula is C20H20N2O4. The van der Waals surface area contributed by atoms with Crippen molar-refractivity contribution in [3.05, 3.63) is 59.4 Å². The molecule has 3 aromatic rings. The molecule has 0 unspecified atom stereocenters. The third-order valence-electron chi connectivity index (χ3n) is 4.21. The van der Waals surface area contributed by atoms with Crippen molar-refractivity contribution in [2.45, 2.75) is 20.3 Å². The molecule has 0 aliphatic carbocycles. The Morgan fingerprint density at radius 1 is 1.12 bits per heavy atom. The maximum atomic E-state index is 12.3. The minimum absolute atomic E-state index is 0.142. The summed E-state index contributed by atoms with van der Waals surface area (Å²) in [6, 6.07) is 10.7. The van der Waals surface area contributed by atoms with E-state index in [2.05, 4.69) is 5.32 Å². The van der Waals surface area contributed by atoms with E-state index in [1.807, 2.05) is 26.0 Å². The summed E-state index contributed by atoms with van der Waals surface area (Å²) in [7, 11) is 0. The molecule has 0 saturated heterocycles. The molecule has 1 heterocycles. The lowest BCUT2D eigenvalue weighted by Gasteiger charge is -2.07. The van der Waals surface area contributed by atoms with Crippen LogP contribution in [0, 0.1) is 13.8 Å². The Kier molecular flexibility index (Phi) is 4.93. The fourth-order valence-electron chi connectivity index (χ4n) is 2.69. The number of carbonyl (C=O) groups excluding carboxylic acids is 2. The van der Waals surface area contributed by atoms with E-state index in [1.54, 1.807) is 30.5 Å². The van der Waals surface area contributed by atoms with Gasteiger partial charge in [-0.25, -0.2) is 0 Å². The van der Waals surface area contributed by atoms with E-state index in [0.29, 0.717) is 11.4 Å². The summed E-state index contributed by atoms with van der Waals surface area (Å²) < 4.78 is 10.8. The summed E-state index contributed by atoms with van der Waals surface area (Å²) in [5.41, 5.74) is 9.58. The Labute approximate surface area is 150 Å². The number of furan rings is 1. The van der Waals surface area contributed by atoms with Crippen molar-refractivity contribution in [3.8, 4) is 5.75 Å². The number of carbonyl (C=O) groups is 2. The SMILES string of the molecule is Cc1ccc2c(CC(=O)Nc3ccc(OCC(N)=O)cc3)coc2c1C. The van der Waals surface area contributed by atoms with Gasteiger partial charge in [0, 0.05) is 16.6 Å². The fraction of sp³-hybridized carbons (Fsp3) is 0.200. The second kappa shape index (κ2) is 7.31. The highest BCUT2D eigenvalue weighted by atomic mass is 16.5. The van der Waals surface area contributed by atoms with Gasteiger partial charge >= 0.3 is 0 Å². The number of nitrogens with two attached hydrogens (primary N) is 1. The average molecular weight is 352 g/mol. The Morgan fingerprint density at radius 3 is 2.54 bits per heavy atom. The number of rotatable bonds is 6. The molecule has 6 heteroatoms. The van der Waals surface area contributed by atoms with Crippen LogP contribution in [0.4, 0.5) is 5.69 Å². The van der Waals surface area contributed by atoms with Crippen LogP contribution in [0.5, 0.6) is 5.75 Å². The van der Waals surface area contributed by atoms with Gasteiger partial charge in [-0.1, -0.05) is 12.1 Å². The Balaban J connectivity index is 1.66. The van der Waals surface area contributed by atoms with Gasteiger partial charge in [0.2, 0.25) is 5.91 Å².